The minimum Gasteiger partial charge on any atom is -0.335 e. The van der Waals surface area contributed by atoms with Crippen molar-refractivity contribution >= 4 is 5.91 Å². The lowest BCUT2D eigenvalue weighted by molar-refractivity contribution is 0.0739. The van der Waals surface area contributed by atoms with Crippen molar-refractivity contribution in [2.45, 2.75) is 39.3 Å². The van der Waals surface area contributed by atoms with Crippen LogP contribution in [0.1, 0.15) is 42.9 Å². The Kier molecular flexibility index (Phi) is 3.74. The van der Waals surface area contributed by atoms with E-state index in [0.29, 0.717) is 11.7 Å². The number of likely N-dealkylation sites (tertiary alicyclic amines) is 2. The van der Waals surface area contributed by atoms with Crippen LogP contribution in [0.4, 0.5) is 0 Å². The molecule has 1 aromatic rings. The third kappa shape index (κ3) is 2.70. The van der Waals surface area contributed by atoms with Gasteiger partial charge in [0.15, 0.2) is 0 Å². The van der Waals surface area contributed by atoms with Gasteiger partial charge in [-0.2, -0.15) is 0 Å². The summed E-state index contributed by atoms with van der Waals surface area (Å²) < 4.78 is 0. The minimum atomic E-state index is 0.0915. The summed E-state index contributed by atoms with van der Waals surface area (Å²) in [5.74, 6) is 0.888. The van der Waals surface area contributed by atoms with Crippen molar-refractivity contribution in [3.63, 3.8) is 0 Å². The fourth-order valence-electron chi connectivity index (χ4n) is 3.26. The van der Waals surface area contributed by atoms with Crippen molar-refractivity contribution in [3.05, 3.63) is 29.6 Å². The molecule has 2 aliphatic rings. The number of aromatic nitrogens is 1. The Hall–Kier alpha value is -1.42. The molecular weight excluding hydrogens is 250 g/mol. The third-order valence-corrected chi connectivity index (χ3v) is 4.37. The molecule has 0 bridgehead atoms. The summed E-state index contributed by atoms with van der Waals surface area (Å²) in [6.45, 7) is 8.40. The van der Waals surface area contributed by atoms with Crippen LogP contribution in [0.2, 0.25) is 0 Å². The van der Waals surface area contributed by atoms with E-state index in [2.05, 4.69) is 23.7 Å². The first-order valence-corrected chi connectivity index (χ1v) is 7.63. The number of pyridine rings is 1. The molecule has 20 heavy (non-hydrogen) atoms. The summed E-state index contributed by atoms with van der Waals surface area (Å²) in [6, 6.07) is 6.17. The number of hydrogen-bond donors (Lipinski definition) is 0. The molecule has 4 nitrogen and oxygen atoms in total. The predicted octanol–water partition coefficient (Wildman–Crippen LogP) is 2.16. The van der Waals surface area contributed by atoms with E-state index in [4.69, 9.17) is 0 Å². The zero-order valence-corrected chi connectivity index (χ0v) is 12.4. The number of hydrogen-bond acceptors (Lipinski definition) is 3. The van der Waals surface area contributed by atoms with E-state index < -0.39 is 0 Å². The zero-order chi connectivity index (χ0) is 14.1. The quantitative estimate of drug-likeness (QED) is 0.847. The van der Waals surface area contributed by atoms with Gasteiger partial charge >= 0.3 is 0 Å². The minimum absolute atomic E-state index is 0.0915. The third-order valence-electron chi connectivity index (χ3n) is 4.37. The SMILES string of the molecule is CC1CN(Cc2cccc(C(=O)N3CCCC3C)n2)C1. The van der Waals surface area contributed by atoms with E-state index in [1.54, 1.807) is 0 Å². The fraction of sp³-hybridized carbons (Fsp3) is 0.625. The zero-order valence-electron chi connectivity index (χ0n) is 12.4. The Labute approximate surface area is 120 Å². The maximum Gasteiger partial charge on any atom is 0.272 e. The Morgan fingerprint density at radius 2 is 2.15 bits per heavy atom. The van der Waals surface area contributed by atoms with Crippen molar-refractivity contribution in [2.24, 2.45) is 5.92 Å². The molecule has 2 fully saturated rings. The molecule has 4 heteroatoms. The topological polar surface area (TPSA) is 36.4 Å². The van der Waals surface area contributed by atoms with E-state index in [-0.39, 0.29) is 5.91 Å². The first-order valence-electron chi connectivity index (χ1n) is 7.63. The van der Waals surface area contributed by atoms with Crippen molar-refractivity contribution < 1.29 is 4.79 Å². The molecule has 0 aromatic carbocycles. The smallest absolute Gasteiger partial charge is 0.272 e. The van der Waals surface area contributed by atoms with Crippen LogP contribution < -0.4 is 0 Å². The Morgan fingerprint density at radius 1 is 1.35 bits per heavy atom. The molecule has 2 saturated heterocycles. The van der Waals surface area contributed by atoms with Crippen LogP contribution in [0, 0.1) is 5.92 Å². The van der Waals surface area contributed by atoms with E-state index >= 15 is 0 Å². The number of nitrogens with zero attached hydrogens (tertiary/aromatic N) is 3. The highest BCUT2D eigenvalue weighted by molar-refractivity contribution is 5.92. The van der Waals surface area contributed by atoms with Gasteiger partial charge in [0, 0.05) is 32.2 Å². The van der Waals surface area contributed by atoms with Crippen LogP contribution in [0.25, 0.3) is 0 Å². The van der Waals surface area contributed by atoms with Gasteiger partial charge in [-0.3, -0.25) is 9.69 Å². The van der Waals surface area contributed by atoms with Gasteiger partial charge in [-0.15, -0.1) is 0 Å². The van der Waals surface area contributed by atoms with E-state index in [1.165, 1.54) is 0 Å². The van der Waals surface area contributed by atoms with Crippen LogP contribution in [0.3, 0.4) is 0 Å². The average Bonchev–Trinajstić information content (AvgIpc) is 2.83. The lowest BCUT2D eigenvalue weighted by Gasteiger charge is -2.36. The van der Waals surface area contributed by atoms with Crippen LogP contribution in [-0.2, 0) is 6.54 Å². The summed E-state index contributed by atoms with van der Waals surface area (Å²) in [4.78, 5) is 21.4. The molecule has 0 N–H and O–H groups in total. The molecule has 1 atom stereocenters. The van der Waals surface area contributed by atoms with E-state index in [0.717, 1.165) is 50.6 Å². The van der Waals surface area contributed by atoms with Crippen molar-refractivity contribution in [2.75, 3.05) is 19.6 Å². The first kappa shape index (κ1) is 13.6. The Morgan fingerprint density at radius 3 is 2.80 bits per heavy atom. The largest absolute Gasteiger partial charge is 0.335 e. The molecule has 2 aliphatic heterocycles. The summed E-state index contributed by atoms with van der Waals surface area (Å²) in [5, 5.41) is 0. The maximum atomic E-state index is 12.5. The molecule has 1 unspecified atom stereocenters. The van der Waals surface area contributed by atoms with Crippen molar-refractivity contribution in [1.82, 2.24) is 14.8 Å². The molecule has 0 saturated carbocycles. The van der Waals surface area contributed by atoms with Crippen LogP contribution in [-0.4, -0.2) is 46.4 Å². The highest BCUT2D eigenvalue weighted by atomic mass is 16.2. The van der Waals surface area contributed by atoms with Crippen molar-refractivity contribution in [3.8, 4) is 0 Å². The highest BCUT2D eigenvalue weighted by Crippen LogP contribution is 2.20. The maximum absolute atomic E-state index is 12.5. The summed E-state index contributed by atoms with van der Waals surface area (Å²) in [5.41, 5.74) is 1.61. The molecule has 0 radical (unpaired) electrons. The van der Waals surface area contributed by atoms with Crippen LogP contribution in [0.5, 0.6) is 0 Å². The fourth-order valence-corrected chi connectivity index (χ4v) is 3.26. The van der Waals surface area contributed by atoms with Gasteiger partial charge in [0.05, 0.1) is 5.69 Å². The normalized spacial score (nSPS) is 23.9. The molecule has 1 aromatic heterocycles. The van der Waals surface area contributed by atoms with Gasteiger partial charge in [0.25, 0.3) is 5.91 Å². The molecule has 108 valence electrons. The summed E-state index contributed by atoms with van der Waals surface area (Å²) in [7, 11) is 0. The molecule has 0 aliphatic carbocycles. The first-order chi connectivity index (χ1) is 9.63. The number of amides is 1. The molecule has 3 heterocycles. The molecular formula is C16H23N3O. The lowest BCUT2D eigenvalue weighted by atomic mass is 10.0. The van der Waals surface area contributed by atoms with Gasteiger partial charge in [-0.1, -0.05) is 13.0 Å². The number of rotatable bonds is 3. The predicted molar refractivity (Wildman–Crippen MR) is 78.4 cm³/mol. The van der Waals surface area contributed by atoms with Gasteiger partial charge in [-0.25, -0.2) is 4.98 Å². The van der Waals surface area contributed by atoms with Crippen LogP contribution in [0.15, 0.2) is 18.2 Å². The van der Waals surface area contributed by atoms with E-state index in [9.17, 15) is 4.79 Å². The molecule has 3 rings (SSSR count). The van der Waals surface area contributed by atoms with Gasteiger partial charge in [-0.05, 0) is 37.8 Å². The second-order valence-corrected chi connectivity index (χ2v) is 6.30. The monoisotopic (exact) mass is 273 g/mol. The van der Waals surface area contributed by atoms with Crippen LogP contribution >= 0.6 is 0 Å². The summed E-state index contributed by atoms with van der Waals surface area (Å²) in [6.07, 6.45) is 2.22. The molecule has 0 spiro atoms. The Balaban J connectivity index is 1.68. The number of carbonyl (C=O) groups excluding carboxylic acids is 1. The highest BCUT2D eigenvalue weighted by Gasteiger charge is 2.27. The molecule has 1 amide bonds. The van der Waals surface area contributed by atoms with Gasteiger partial charge < -0.3 is 4.90 Å². The standard InChI is InChI=1S/C16H23N3O/c1-12-9-18(10-12)11-14-6-3-7-15(17-14)16(20)19-8-4-5-13(19)2/h3,6-7,12-13H,4-5,8-11H2,1-2H3. The second kappa shape index (κ2) is 5.52. The van der Waals surface area contributed by atoms with Gasteiger partial charge in [0.2, 0.25) is 0 Å². The average molecular weight is 273 g/mol. The Bertz CT molecular complexity index is 496. The van der Waals surface area contributed by atoms with Gasteiger partial charge in [0.1, 0.15) is 5.69 Å². The number of carbonyl (C=O) groups is 1. The summed E-state index contributed by atoms with van der Waals surface area (Å²) >= 11 is 0. The van der Waals surface area contributed by atoms with Crippen molar-refractivity contribution in [1.29, 1.82) is 0 Å². The lowest BCUT2D eigenvalue weighted by Crippen LogP contribution is -2.44. The second-order valence-electron chi connectivity index (χ2n) is 6.30. The van der Waals surface area contributed by atoms with E-state index in [1.807, 2.05) is 23.1 Å².